The molecule has 0 saturated carbocycles. The van der Waals surface area contributed by atoms with Gasteiger partial charge in [0, 0.05) is 0 Å². The predicted octanol–water partition coefficient (Wildman–Crippen LogP) is -1.82. The number of hydrogen-bond donors (Lipinski definition) is 0. The van der Waals surface area contributed by atoms with Crippen LogP contribution in [-0.4, -0.2) is 0 Å². The third kappa shape index (κ3) is 2510. The summed E-state index contributed by atoms with van der Waals surface area (Å²) in [5.41, 5.74) is 0. The van der Waals surface area contributed by atoms with E-state index >= 15 is 0 Å². The number of halogens is 6. The van der Waals surface area contributed by atoms with Crippen LogP contribution < -0.4 is 33.5 Å². The van der Waals surface area contributed by atoms with Crippen LogP contribution in [0.3, 0.4) is 0 Å². The van der Waals surface area contributed by atoms with Crippen molar-refractivity contribution in [3.8, 4) is 0 Å². The van der Waals surface area contributed by atoms with Gasteiger partial charge in [0.15, 0.2) is 0 Å². The Morgan fingerprint density at radius 1 is 0.588 bits per heavy atom. The molecule has 0 bridgehead atoms. The van der Waals surface area contributed by atoms with Crippen LogP contribution in [0.4, 0.5) is 25.2 Å². The Morgan fingerprint density at radius 2 is 0.588 bits per heavy atom. The first-order chi connectivity index (χ1) is 6.00. The molecule has 0 fully saturated rings. The van der Waals surface area contributed by atoms with Gasteiger partial charge in [0.1, 0.15) is 0 Å². The fourth-order valence-corrected chi connectivity index (χ4v) is 0. The van der Waals surface area contributed by atoms with E-state index in [0.29, 0.717) is 0 Å². The molecule has 6 nitrogen and oxygen atoms in total. The maximum absolute atomic E-state index is 10.0. The van der Waals surface area contributed by atoms with E-state index in [0.717, 1.165) is 0 Å². The van der Waals surface area contributed by atoms with Crippen molar-refractivity contribution in [2.24, 2.45) is 0 Å². The number of rotatable bonds is 0. The van der Waals surface area contributed by atoms with Crippen LogP contribution >= 0.6 is 24.0 Å². The van der Waals surface area contributed by atoms with Crippen LogP contribution in [0.15, 0.2) is 0 Å². The zero-order chi connectivity index (χ0) is 13.5. The molecule has 0 N–H and O–H groups in total. The van der Waals surface area contributed by atoms with Crippen molar-refractivity contribution >= 4 is 24.0 Å². The van der Waals surface area contributed by atoms with E-state index in [1.54, 1.807) is 0 Å². The quantitative estimate of drug-likeness (QED) is 0.283. The topological polar surface area (TPSA) is 120 Å². The molecule has 0 unspecified atom stereocenters. The monoisotopic (exact) mass is 366 g/mol. The first-order valence-electron chi connectivity index (χ1n) is 2.11. The van der Waals surface area contributed by atoms with Gasteiger partial charge in [-0.15, -0.1) is 0 Å². The van der Waals surface area contributed by atoms with Gasteiger partial charge >= 0.3 is 59.9 Å². The standard InChI is InChI=1S/3F2HO2P.Fe.Li/c3*1-5(2,3)4;;/h3*(H,3,4);;/q;;;+2;+1/p-3. The SMILES string of the molecule is O=P([O-])(F)F.O=P([O-])(F)F.O=P([O-])(F)F.[Fe+2].[Li+]. The Balaban J connectivity index is -0.0000000400. The molecular formula is F6FeLiO6P3. The summed E-state index contributed by atoms with van der Waals surface area (Å²) in [6.45, 7) is 0. The fraction of sp³-hybridized carbons (Fsp3) is 0. The van der Waals surface area contributed by atoms with Gasteiger partial charge in [0.05, 0.1) is 0 Å². The third-order valence-corrected chi connectivity index (χ3v) is 0. The average molecular weight is 366 g/mol. The van der Waals surface area contributed by atoms with E-state index in [4.69, 9.17) is 28.4 Å². The van der Waals surface area contributed by atoms with Gasteiger partial charge in [-0.2, -0.15) is 25.2 Å². The second-order valence-corrected chi connectivity index (χ2v) is 3.73. The summed E-state index contributed by atoms with van der Waals surface area (Å²) in [4.78, 5) is 25.0. The molecule has 0 aliphatic heterocycles. The minimum absolute atomic E-state index is 0. The molecule has 0 aromatic rings. The van der Waals surface area contributed by atoms with Crippen LogP contribution in [0.2, 0.25) is 0 Å². The van der Waals surface area contributed by atoms with E-state index in [1.807, 2.05) is 0 Å². The van der Waals surface area contributed by atoms with Crippen LogP contribution in [0, 0.1) is 0 Å². The molecule has 0 amide bonds. The molecule has 0 heterocycles. The molecule has 102 valence electrons. The van der Waals surface area contributed by atoms with E-state index < -0.39 is 24.0 Å². The van der Waals surface area contributed by atoms with Gasteiger partial charge in [-0.3, -0.25) is 13.7 Å². The maximum atomic E-state index is 10.0. The summed E-state index contributed by atoms with van der Waals surface area (Å²) < 4.78 is 85.1. The Morgan fingerprint density at radius 3 is 0.588 bits per heavy atom. The van der Waals surface area contributed by atoms with Crippen molar-refractivity contribution < 1.29 is 89.5 Å². The van der Waals surface area contributed by atoms with Crippen LogP contribution in [0.1, 0.15) is 0 Å². The second kappa shape index (κ2) is 12.3. The summed E-state index contributed by atoms with van der Waals surface area (Å²) in [6.07, 6.45) is 0. The van der Waals surface area contributed by atoms with Crippen LogP contribution in [0.5, 0.6) is 0 Å². The molecule has 0 spiro atoms. The zero-order valence-corrected chi connectivity index (χ0v) is 11.2. The van der Waals surface area contributed by atoms with Crippen molar-refractivity contribution in [3.05, 3.63) is 0 Å². The van der Waals surface area contributed by atoms with Gasteiger partial charge in [-0.05, 0) is 0 Å². The largest absolute Gasteiger partial charge is 2.00 e. The molecule has 0 atom stereocenters. The second-order valence-electron chi connectivity index (χ2n) is 1.24. The van der Waals surface area contributed by atoms with Crippen LogP contribution in [-0.2, 0) is 30.8 Å². The molecule has 0 aliphatic carbocycles. The minimum Gasteiger partial charge on any atom is -0.749 e. The van der Waals surface area contributed by atoms with Crippen molar-refractivity contribution in [3.63, 3.8) is 0 Å². The first-order valence-corrected chi connectivity index (χ1v) is 6.33. The molecule has 0 saturated heterocycles. The van der Waals surface area contributed by atoms with E-state index in [9.17, 15) is 25.2 Å². The third-order valence-electron chi connectivity index (χ3n) is 0. The van der Waals surface area contributed by atoms with Crippen molar-refractivity contribution in [1.82, 2.24) is 0 Å². The zero-order valence-electron chi connectivity index (χ0n) is 7.41. The van der Waals surface area contributed by atoms with Crippen molar-refractivity contribution in [1.29, 1.82) is 0 Å². The minimum atomic E-state index is -5.89. The summed E-state index contributed by atoms with van der Waals surface area (Å²) in [6, 6.07) is 0. The summed E-state index contributed by atoms with van der Waals surface area (Å²) in [5, 5.41) is 0. The van der Waals surface area contributed by atoms with E-state index in [2.05, 4.69) is 0 Å². The molecule has 0 aliphatic rings. The van der Waals surface area contributed by atoms with Crippen LogP contribution in [0.25, 0.3) is 0 Å². The fourth-order valence-electron chi connectivity index (χ4n) is 0. The Labute approximate surface area is 114 Å². The Hall–Kier alpha value is 1.27. The van der Waals surface area contributed by atoms with E-state index in [-0.39, 0.29) is 35.9 Å². The van der Waals surface area contributed by atoms with Gasteiger partial charge < -0.3 is 14.7 Å². The molecule has 17 heteroatoms. The smallest absolute Gasteiger partial charge is 0.749 e. The average Bonchev–Trinajstić information content (AvgIpc) is 1.41. The summed E-state index contributed by atoms with van der Waals surface area (Å²) in [7, 11) is -17.7. The van der Waals surface area contributed by atoms with Crippen molar-refractivity contribution in [2.45, 2.75) is 0 Å². The van der Waals surface area contributed by atoms with Gasteiger partial charge in [0.2, 0.25) is 0 Å². The molecular weight excluding hydrogens is 366 g/mol. The Bertz CT molecular complexity index is 220. The normalized spacial score (nSPS) is 10.4. The molecule has 17 heavy (non-hydrogen) atoms. The summed E-state index contributed by atoms with van der Waals surface area (Å²) >= 11 is 0. The molecule has 0 rings (SSSR count). The van der Waals surface area contributed by atoms with Crippen molar-refractivity contribution in [2.75, 3.05) is 0 Å². The predicted molar refractivity (Wildman–Crippen MR) is 29.5 cm³/mol. The summed E-state index contributed by atoms with van der Waals surface area (Å²) in [5.74, 6) is 0. The molecule has 0 aromatic heterocycles. The maximum Gasteiger partial charge on any atom is 2.00 e. The number of hydrogen-bond acceptors (Lipinski definition) is 6. The Kier molecular flexibility index (Phi) is 22.4. The van der Waals surface area contributed by atoms with Gasteiger partial charge in [-0.1, -0.05) is 0 Å². The first kappa shape index (κ1) is 30.9. The molecule has 0 aromatic carbocycles. The van der Waals surface area contributed by atoms with E-state index in [1.165, 1.54) is 0 Å². The molecule has 0 radical (unpaired) electrons. The van der Waals surface area contributed by atoms with Gasteiger partial charge in [-0.25, -0.2) is 0 Å². The van der Waals surface area contributed by atoms with Gasteiger partial charge in [0.25, 0.3) is 0 Å².